The summed E-state index contributed by atoms with van der Waals surface area (Å²) in [4.78, 5) is 37.5. The molecule has 0 aliphatic heterocycles. The van der Waals surface area contributed by atoms with Crippen LogP contribution in [0.1, 0.15) is 24.3 Å². The summed E-state index contributed by atoms with van der Waals surface area (Å²) in [5.41, 5.74) is -1.46. The van der Waals surface area contributed by atoms with Crippen LogP contribution < -0.4 is 11.0 Å². The van der Waals surface area contributed by atoms with Gasteiger partial charge in [-0.15, -0.1) is 0 Å². The van der Waals surface area contributed by atoms with Crippen molar-refractivity contribution in [1.82, 2.24) is 15.3 Å². The minimum atomic E-state index is -1.05. The molecule has 16 heavy (non-hydrogen) atoms. The highest BCUT2D eigenvalue weighted by molar-refractivity contribution is 5.92. The molecule has 7 nitrogen and oxygen atoms in total. The summed E-state index contributed by atoms with van der Waals surface area (Å²) < 4.78 is 0. The molecule has 4 N–H and O–H groups in total. The third kappa shape index (κ3) is 2.72. The second-order valence-corrected chi connectivity index (χ2v) is 4.03. The number of carboxylic acid groups (broad SMARTS) is 1. The van der Waals surface area contributed by atoms with Crippen molar-refractivity contribution in [2.75, 3.05) is 6.54 Å². The number of amides is 1. The summed E-state index contributed by atoms with van der Waals surface area (Å²) in [6, 6.07) is 0. The van der Waals surface area contributed by atoms with Crippen LogP contribution in [0.25, 0.3) is 0 Å². The van der Waals surface area contributed by atoms with Crippen LogP contribution in [0.3, 0.4) is 0 Å². The molecule has 0 aliphatic carbocycles. The topological polar surface area (TPSA) is 115 Å². The number of carbonyl (C=O) groups is 2. The van der Waals surface area contributed by atoms with E-state index in [1.165, 1.54) is 20.0 Å². The van der Waals surface area contributed by atoms with Gasteiger partial charge in [0.2, 0.25) is 0 Å². The number of nitrogens with one attached hydrogen (secondary N) is 3. The third-order valence-corrected chi connectivity index (χ3v) is 2.11. The smallest absolute Gasteiger partial charge is 0.323 e. The molecule has 7 heteroatoms. The first-order valence-electron chi connectivity index (χ1n) is 4.62. The quantitative estimate of drug-likeness (QED) is 0.557. The highest BCUT2D eigenvalue weighted by Crippen LogP contribution is 2.13. The number of aromatic nitrogens is 2. The van der Waals surface area contributed by atoms with Crippen LogP contribution in [0.2, 0.25) is 0 Å². The van der Waals surface area contributed by atoms with Crippen molar-refractivity contribution in [2.24, 2.45) is 5.41 Å². The van der Waals surface area contributed by atoms with Crippen LogP contribution in [0.4, 0.5) is 0 Å². The Kier molecular flexibility index (Phi) is 3.17. The van der Waals surface area contributed by atoms with Crippen molar-refractivity contribution < 1.29 is 14.7 Å². The van der Waals surface area contributed by atoms with Crippen molar-refractivity contribution in [3.05, 3.63) is 22.4 Å². The Balaban J connectivity index is 2.60. The molecule has 0 saturated heterocycles. The van der Waals surface area contributed by atoms with Crippen molar-refractivity contribution in [1.29, 1.82) is 0 Å². The van der Waals surface area contributed by atoms with Gasteiger partial charge in [0.15, 0.2) is 0 Å². The van der Waals surface area contributed by atoms with Gasteiger partial charge in [0.1, 0.15) is 5.69 Å². The molecule has 1 aromatic rings. The maximum absolute atomic E-state index is 11.4. The van der Waals surface area contributed by atoms with Gasteiger partial charge in [-0.1, -0.05) is 0 Å². The molecule has 0 unspecified atom stereocenters. The Morgan fingerprint density at radius 1 is 1.50 bits per heavy atom. The zero-order chi connectivity index (χ0) is 12.3. The zero-order valence-corrected chi connectivity index (χ0v) is 8.96. The molecule has 0 spiro atoms. The molecular formula is C9H13N3O4. The average molecular weight is 227 g/mol. The molecule has 0 fully saturated rings. The summed E-state index contributed by atoms with van der Waals surface area (Å²) in [6.45, 7) is 2.97. The zero-order valence-electron chi connectivity index (χ0n) is 8.96. The second-order valence-electron chi connectivity index (χ2n) is 4.03. The van der Waals surface area contributed by atoms with Crippen LogP contribution in [0.15, 0.2) is 11.0 Å². The maximum Gasteiger partial charge on any atom is 0.323 e. The number of carboxylic acids is 1. The molecule has 88 valence electrons. The van der Waals surface area contributed by atoms with Gasteiger partial charge in [0, 0.05) is 12.7 Å². The lowest BCUT2D eigenvalue weighted by molar-refractivity contribution is -0.146. The van der Waals surface area contributed by atoms with Crippen LogP contribution in [-0.2, 0) is 4.79 Å². The molecule has 1 heterocycles. The Labute approximate surface area is 90.9 Å². The maximum atomic E-state index is 11.4. The molecule has 0 atom stereocenters. The monoisotopic (exact) mass is 227 g/mol. The molecule has 1 amide bonds. The number of hydrogen-bond donors (Lipinski definition) is 4. The molecule has 1 aromatic heterocycles. The van der Waals surface area contributed by atoms with E-state index in [9.17, 15) is 14.4 Å². The van der Waals surface area contributed by atoms with E-state index in [-0.39, 0.29) is 12.2 Å². The van der Waals surface area contributed by atoms with Gasteiger partial charge in [-0.2, -0.15) is 0 Å². The summed E-state index contributed by atoms with van der Waals surface area (Å²) >= 11 is 0. The standard InChI is InChI=1S/C9H13N3O4/c1-9(2,7(14)15)4-11-6(13)5-3-10-8(16)12-5/h3H,4H2,1-2H3,(H,11,13)(H,14,15)(H2,10,12,16). The van der Waals surface area contributed by atoms with Gasteiger partial charge in [0.05, 0.1) is 5.41 Å². The van der Waals surface area contributed by atoms with Crippen molar-refractivity contribution >= 4 is 11.9 Å². The summed E-state index contributed by atoms with van der Waals surface area (Å²) in [6.07, 6.45) is 1.23. The van der Waals surface area contributed by atoms with Crippen LogP contribution in [0.5, 0.6) is 0 Å². The van der Waals surface area contributed by atoms with E-state index in [2.05, 4.69) is 15.3 Å². The van der Waals surface area contributed by atoms with E-state index < -0.39 is 23.0 Å². The number of aromatic amines is 2. The fraction of sp³-hybridized carbons (Fsp3) is 0.444. The van der Waals surface area contributed by atoms with E-state index in [4.69, 9.17) is 5.11 Å². The van der Waals surface area contributed by atoms with Crippen molar-refractivity contribution in [3.63, 3.8) is 0 Å². The van der Waals surface area contributed by atoms with Gasteiger partial charge in [0.25, 0.3) is 5.91 Å². The first-order valence-corrected chi connectivity index (χ1v) is 4.62. The lowest BCUT2D eigenvalue weighted by Gasteiger charge is -2.18. The molecule has 0 aromatic carbocycles. The van der Waals surface area contributed by atoms with E-state index in [0.29, 0.717) is 0 Å². The molecular weight excluding hydrogens is 214 g/mol. The lowest BCUT2D eigenvalue weighted by Crippen LogP contribution is -2.39. The fourth-order valence-electron chi connectivity index (χ4n) is 0.927. The predicted octanol–water partition coefficient (Wildman–Crippen LogP) is -0.456. The number of H-pyrrole nitrogens is 2. The largest absolute Gasteiger partial charge is 0.481 e. The number of carbonyl (C=O) groups excluding carboxylic acids is 1. The van der Waals surface area contributed by atoms with Gasteiger partial charge < -0.3 is 20.4 Å². The Bertz CT molecular complexity index is 457. The first-order chi connectivity index (χ1) is 7.33. The van der Waals surface area contributed by atoms with Crippen molar-refractivity contribution in [3.8, 4) is 0 Å². The number of aliphatic carboxylic acids is 1. The SMILES string of the molecule is CC(C)(CNC(=O)c1c[nH]c(=O)[nH]1)C(=O)O. The second kappa shape index (κ2) is 4.21. The predicted molar refractivity (Wildman–Crippen MR) is 55.2 cm³/mol. The Hall–Kier alpha value is -2.05. The Morgan fingerprint density at radius 2 is 2.12 bits per heavy atom. The molecule has 0 bridgehead atoms. The van der Waals surface area contributed by atoms with Gasteiger partial charge in [-0.25, -0.2) is 4.79 Å². The van der Waals surface area contributed by atoms with E-state index in [0.717, 1.165) is 0 Å². The summed E-state index contributed by atoms with van der Waals surface area (Å²) in [5, 5.41) is 11.2. The number of hydrogen-bond acceptors (Lipinski definition) is 3. The van der Waals surface area contributed by atoms with Crippen LogP contribution in [0, 0.1) is 5.41 Å². The summed E-state index contributed by atoms with van der Waals surface area (Å²) in [7, 11) is 0. The van der Waals surface area contributed by atoms with E-state index in [1.807, 2.05) is 0 Å². The van der Waals surface area contributed by atoms with Crippen molar-refractivity contribution in [2.45, 2.75) is 13.8 Å². The molecule has 0 aliphatic rings. The molecule has 0 saturated carbocycles. The van der Waals surface area contributed by atoms with Gasteiger partial charge in [-0.3, -0.25) is 9.59 Å². The minimum Gasteiger partial charge on any atom is -0.481 e. The number of rotatable bonds is 4. The number of imidazole rings is 1. The summed E-state index contributed by atoms with van der Waals surface area (Å²) in [5.74, 6) is -1.52. The van der Waals surface area contributed by atoms with Crippen LogP contribution in [-0.4, -0.2) is 33.5 Å². The van der Waals surface area contributed by atoms with Gasteiger partial charge in [-0.05, 0) is 13.8 Å². The van der Waals surface area contributed by atoms with Gasteiger partial charge >= 0.3 is 11.7 Å². The first kappa shape index (κ1) is 12.0. The molecule has 0 radical (unpaired) electrons. The lowest BCUT2D eigenvalue weighted by atomic mass is 9.94. The van der Waals surface area contributed by atoms with E-state index >= 15 is 0 Å². The third-order valence-electron chi connectivity index (χ3n) is 2.11. The highest BCUT2D eigenvalue weighted by atomic mass is 16.4. The highest BCUT2D eigenvalue weighted by Gasteiger charge is 2.27. The fourth-order valence-corrected chi connectivity index (χ4v) is 0.927. The van der Waals surface area contributed by atoms with Crippen LogP contribution >= 0.6 is 0 Å². The molecule has 1 rings (SSSR count). The Morgan fingerprint density at radius 3 is 2.56 bits per heavy atom. The normalized spacial score (nSPS) is 11.1. The average Bonchev–Trinajstić information content (AvgIpc) is 2.61. The van der Waals surface area contributed by atoms with E-state index in [1.54, 1.807) is 0 Å². The minimum absolute atomic E-state index is 0.0195.